The van der Waals surface area contributed by atoms with Gasteiger partial charge in [0.15, 0.2) is 0 Å². The summed E-state index contributed by atoms with van der Waals surface area (Å²) in [6, 6.07) is 0.624. The summed E-state index contributed by atoms with van der Waals surface area (Å²) in [5.74, 6) is 0. The third-order valence-corrected chi connectivity index (χ3v) is 3.09. The number of rotatable bonds is 0. The lowest BCUT2D eigenvalue weighted by Crippen LogP contribution is -1.94. The molecule has 2 aromatic rings. The van der Waals surface area contributed by atoms with Crippen LogP contribution in [0.3, 0.4) is 0 Å². The van der Waals surface area contributed by atoms with E-state index in [1.807, 2.05) is 20.9 Å². The van der Waals surface area contributed by atoms with Crippen molar-refractivity contribution in [2.45, 2.75) is 27.7 Å². The van der Waals surface area contributed by atoms with Crippen LogP contribution in [-0.4, -0.2) is 9.55 Å². The summed E-state index contributed by atoms with van der Waals surface area (Å²) in [7, 11) is 2.01. The second-order valence-electron chi connectivity index (χ2n) is 3.92. The Hall–Kier alpha value is -1.31. The van der Waals surface area contributed by atoms with Gasteiger partial charge in [0.25, 0.3) is 0 Å². The predicted octanol–water partition coefficient (Wildman–Crippen LogP) is 2.81. The van der Waals surface area contributed by atoms with Gasteiger partial charge >= 0.3 is 0 Å². The smallest absolute Gasteiger partial charge is 0.140 e. The zero-order chi connectivity index (χ0) is 11.3. The summed E-state index contributed by atoms with van der Waals surface area (Å²) in [6.07, 6.45) is 0. The summed E-state index contributed by atoms with van der Waals surface area (Å²) in [5, 5.41) is 0.998. The molecule has 2 nitrogen and oxygen atoms in total. The summed E-state index contributed by atoms with van der Waals surface area (Å²) in [5.41, 5.74) is 5.23. The highest BCUT2D eigenvalue weighted by Crippen LogP contribution is 2.24. The van der Waals surface area contributed by atoms with E-state index >= 15 is 0 Å². The molecule has 0 amide bonds. The topological polar surface area (TPSA) is 17.8 Å². The van der Waals surface area contributed by atoms with Crippen molar-refractivity contribution < 1.29 is 1.37 Å². The minimum atomic E-state index is 0.624. The Morgan fingerprint density at radius 3 is 2.57 bits per heavy atom. The van der Waals surface area contributed by atoms with Crippen molar-refractivity contribution in [3.8, 4) is 0 Å². The van der Waals surface area contributed by atoms with E-state index in [1.54, 1.807) is 0 Å². The maximum Gasteiger partial charge on any atom is 0.140 e. The number of pyridine rings is 1. The van der Waals surface area contributed by atoms with E-state index in [4.69, 9.17) is 1.37 Å². The van der Waals surface area contributed by atoms with Gasteiger partial charge < -0.3 is 4.57 Å². The molecule has 0 aliphatic rings. The lowest BCUT2D eigenvalue weighted by atomic mass is 10.1. The average Bonchev–Trinajstić information content (AvgIpc) is 2.40. The zero-order valence-electron chi connectivity index (χ0n) is 10.4. The Morgan fingerprint density at radius 2 is 1.93 bits per heavy atom. The first kappa shape index (κ1) is 8.04. The molecule has 0 saturated heterocycles. The number of aromatic nitrogens is 2. The van der Waals surface area contributed by atoms with Gasteiger partial charge in [0.05, 0.1) is 1.37 Å². The molecule has 0 fully saturated rings. The molecule has 2 aromatic heterocycles. The normalized spacial score (nSPS) is 12.2. The van der Waals surface area contributed by atoms with Crippen LogP contribution in [0.1, 0.15) is 23.9 Å². The molecule has 0 saturated carbocycles. The van der Waals surface area contributed by atoms with Crippen LogP contribution in [0, 0.1) is 27.7 Å². The maximum atomic E-state index is 8.13. The summed E-state index contributed by atoms with van der Waals surface area (Å²) in [4.78, 5) is 4.56. The lowest BCUT2D eigenvalue weighted by Gasteiger charge is -2.01. The second-order valence-corrected chi connectivity index (χ2v) is 3.92. The Bertz CT molecular complexity index is 553. The third-order valence-electron chi connectivity index (χ3n) is 3.09. The van der Waals surface area contributed by atoms with E-state index in [0.29, 0.717) is 6.04 Å². The number of aryl methyl sites for hydroxylation is 3. The van der Waals surface area contributed by atoms with E-state index < -0.39 is 0 Å². The first-order valence-electron chi connectivity index (χ1n) is 5.34. The molecule has 0 bridgehead atoms. The molecule has 0 aliphatic carbocycles. The molecule has 0 aliphatic heterocycles. The molecule has 0 radical (unpaired) electrons. The fourth-order valence-electron chi connectivity index (χ4n) is 1.73. The lowest BCUT2D eigenvalue weighted by molar-refractivity contribution is 0.891. The van der Waals surface area contributed by atoms with E-state index in [2.05, 4.69) is 23.4 Å². The molecule has 14 heavy (non-hydrogen) atoms. The van der Waals surface area contributed by atoms with Crippen molar-refractivity contribution in [1.82, 2.24) is 9.55 Å². The Labute approximate surface area is 86.0 Å². The fraction of sp³-hybridized carbons (Fsp3) is 0.417. The highest BCUT2D eigenvalue weighted by atomic mass is 15.0. The van der Waals surface area contributed by atoms with E-state index in [-0.39, 0.29) is 0 Å². The van der Waals surface area contributed by atoms with Crippen LogP contribution in [0.2, 0.25) is 0 Å². The number of hydrogen-bond donors (Lipinski definition) is 0. The highest BCUT2D eigenvalue weighted by molar-refractivity contribution is 5.82. The van der Waals surface area contributed by atoms with Crippen LogP contribution in [0.15, 0.2) is 6.04 Å². The van der Waals surface area contributed by atoms with Crippen LogP contribution in [0.4, 0.5) is 0 Å². The van der Waals surface area contributed by atoms with Gasteiger partial charge in [-0.05, 0) is 44.9 Å². The molecule has 2 heterocycles. The summed E-state index contributed by atoms with van der Waals surface area (Å²) >= 11 is 0. The predicted molar refractivity (Wildman–Crippen MR) is 59.7 cm³/mol. The Kier molecular flexibility index (Phi) is 1.63. The highest BCUT2D eigenvalue weighted by Gasteiger charge is 2.10. The third kappa shape index (κ3) is 1.07. The van der Waals surface area contributed by atoms with Crippen molar-refractivity contribution in [3.05, 3.63) is 28.6 Å². The van der Waals surface area contributed by atoms with E-state index in [1.165, 1.54) is 11.3 Å². The second kappa shape index (κ2) is 2.84. The molecule has 0 spiro atoms. The quantitative estimate of drug-likeness (QED) is 0.623. The number of nitrogens with zero attached hydrogens (tertiary/aromatic N) is 2. The molecule has 2 heteroatoms. The van der Waals surface area contributed by atoms with Crippen LogP contribution in [0.25, 0.3) is 11.0 Å². The molecule has 74 valence electrons. The number of fused-ring (bicyclic) bond motifs is 1. The van der Waals surface area contributed by atoms with Gasteiger partial charge in [-0.15, -0.1) is 0 Å². The van der Waals surface area contributed by atoms with Gasteiger partial charge in [-0.25, -0.2) is 4.98 Å². The van der Waals surface area contributed by atoms with Gasteiger partial charge in [0.1, 0.15) is 5.65 Å². The van der Waals surface area contributed by atoms with Crippen LogP contribution >= 0.6 is 0 Å². The van der Waals surface area contributed by atoms with Crippen molar-refractivity contribution in [1.29, 1.82) is 0 Å². The SMILES string of the molecule is [2H]c1c(C)c(C)nc2c1c(C)c(C)n2C. The van der Waals surface area contributed by atoms with Gasteiger partial charge in [-0.2, -0.15) is 0 Å². The Morgan fingerprint density at radius 1 is 1.29 bits per heavy atom. The molecule has 0 N–H and O–H groups in total. The van der Waals surface area contributed by atoms with Crippen molar-refractivity contribution in [2.24, 2.45) is 7.05 Å². The first-order chi connectivity index (χ1) is 6.95. The van der Waals surface area contributed by atoms with Crippen molar-refractivity contribution in [3.63, 3.8) is 0 Å². The van der Waals surface area contributed by atoms with E-state index in [0.717, 1.165) is 22.3 Å². The zero-order valence-corrected chi connectivity index (χ0v) is 9.39. The molecule has 0 unspecified atom stereocenters. The van der Waals surface area contributed by atoms with Crippen LogP contribution in [-0.2, 0) is 7.05 Å². The summed E-state index contributed by atoms with van der Waals surface area (Å²) < 4.78 is 10.2. The molecule has 0 atom stereocenters. The fourth-order valence-corrected chi connectivity index (χ4v) is 1.73. The maximum absolute atomic E-state index is 8.13. The minimum Gasteiger partial charge on any atom is -0.333 e. The Balaban J connectivity index is 3.06. The minimum absolute atomic E-state index is 0.624. The number of hydrogen-bond acceptors (Lipinski definition) is 1. The monoisotopic (exact) mass is 189 g/mol. The van der Waals surface area contributed by atoms with Crippen LogP contribution < -0.4 is 0 Å². The summed E-state index contributed by atoms with van der Waals surface area (Å²) in [6.45, 7) is 8.06. The van der Waals surface area contributed by atoms with Crippen LogP contribution in [0.5, 0.6) is 0 Å². The molecular formula is C12H16N2. The van der Waals surface area contributed by atoms with Gasteiger partial charge in [0, 0.05) is 23.8 Å². The molecule has 2 rings (SSSR count). The van der Waals surface area contributed by atoms with Gasteiger partial charge in [-0.3, -0.25) is 0 Å². The van der Waals surface area contributed by atoms with Crippen molar-refractivity contribution in [2.75, 3.05) is 0 Å². The molecular weight excluding hydrogens is 172 g/mol. The van der Waals surface area contributed by atoms with Crippen molar-refractivity contribution >= 4 is 11.0 Å². The van der Waals surface area contributed by atoms with E-state index in [9.17, 15) is 0 Å². The standard InChI is InChI=1S/C12H16N2/c1-7-6-11-8(2)10(4)14(5)12(11)13-9(7)3/h6H,1-5H3/i6D. The molecule has 0 aromatic carbocycles. The largest absolute Gasteiger partial charge is 0.333 e. The average molecular weight is 189 g/mol. The van der Waals surface area contributed by atoms with Gasteiger partial charge in [-0.1, -0.05) is 0 Å². The van der Waals surface area contributed by atoms with Gasteiger partial charge in [0.2, 0.25) is 0 Å². The first-order valence-corrected chi connectivity index (χ1v) is 4.84.